The fourth-order valence-corrected chi connectivity index (χ4v) is 3.53. The molecule has 0 radical (unpaired) electrons. The SMILES string of the molecule is CCNC(=NCC(c1ccco1)N1CCCCC1)NCCCN(C)CCOC. The van der Waals surface area contributed by atoms with Gasteiger partial charge in [0.1, 0.15) is 5.76 Å². The van der Waals surface area contributed by atoms with E-state index in [0.717, 1.165) is 64.0 Å². The fraction of sp³-hybridized carbons (Fsp3) is 0.762. The highest BCUT2D eigenvalue weighted by atomic mass is 16.5. The molecule has 0 bridgehead atoms. The van der Waals surface area contributed by atoms with E-state index in [0.29, 0.717) is 6.54 Å². The largest absolute Gasteiger partial charge is 0.468 e. The van der Waals surface area contributed by atoms with Crippen molar-refractivity contribution < 1.29 is 9.15 Å². The summed E-state index contributed by atoms with van der Waals surface area (Å²) < 4.78 is 10.9. The number of guanidine groups is 1. The van der Waals surface area contributed by atoms with Gasteiger partial charge >= 0.3 is 0 Å². The van der Waals surface area contributed by atoms with Crippen molar-refractivity contribution in [3.05, 3.63) is 24.2 Å². The van der Waals surface area contributed by atoms with E-state index in [1.165, 1.54) is 19.3 Å². The number of nitrogens with one attached hydrogen (secondary N) is 2. The lowest BCUT2D eigenvalue weighted by molar-refractivity contribution is 0.150. The van der Waals surface area contributed by atoms with Crippen LogP contribution in [-0.4, -0.2) is 82.3 Å². The molecule has 2 heterocycles. The molecule has 1 aliphatic rings. The molecule has 1 saturated heterocycles. The summed E-state index contributed by atoms with van der Waals surface area (Å²) in [5.41, 5.74) is 0. The quantitative estimate of drug-likeness (QED) is 0.323. The number of rotatable bonds is 12. The first-order valence-corrected chi connectivity index (χ1v) is 10.7. The number of piperidine rings is 1. The van der Waals surface area contributed by atoms with Crippen LogP contribution in [-0.2, 0) is 4.74 Å². The molecular formula is C21H39N5O2. The fourth-order valence-electron chi connectivity index (χ4n) is 3.53. The second kappa shape index (κ2) is 13.6. The highest BCUT2D eigenvalue weighted by molar-refractivity contribution is 5.79. The van der Waals surface area contributed by atoms with E-state index in [4.69, 9.17) is 14.1 Å². The average Bonchev–Trinajstić information content (AvgIpc) is 3.25. The maximum Gasteiger partial charge on any atom is 0.191 e. The molecule has 7 heteroatoms. The average molecular weight is 394 g/mol. The van der Waals surface area contributed by atoms with Crippen LogP contribution in [0.3, 0.4) is 0 Å². The van der Waals surface area contributed by atoms with Crippen LogP contribution in [0.4, 0.5) is 0 Å². The molecule has 28 heavy (non-hydrogen) atoms. The van der Waals surface area contributed by atoms with Gasteiger partial charge in [-0.15, -0.1) is 0 Å². The lowest BCUT2D eigenvalue weighted by Crippen LogP contribution is -2.40. The van der Waals surface area contributed by atoms with Gasteiger partial charge in [-0.05, 0) is 65.0 Å². The van der Waals surface area contributed by atoms with Gasteiger partial charge in [0.05, 0.1) is 25.5 Å². The summed E-state index contributed by atoms with van der Waals surface area (Å²) in [5, 5.41) is 6.83. The standard InChI is InChI=1S/C21H39N5O2/c1-4-22-21(23-11-9-12-25(2)15-17-27-3)24-18-19(20-10-8-16-28-20)26-13-6-5-7-14-26/h8,10,16,19H,4-7,9,11-15,17-18H2,1-3H3,(H2,22,23,24). The maximum absolute atomic E-state index is 5.73. The zero-order valence-electron chi connectivity index (χ0n) is 18.0. The highest BCUT2D eigenvalue weighted by Gasteiger charge is 2.24. The molecule has 7 nitrogen and oxygen atoms in total. The molecule has 160 valence electrons. The van der Waals surface area contributed by atoms with E-state index in [-0.39, 0.29) is 6.04 Å². The van der Waals surface area contributed by atoms with Gasteiger partial charge in [0.2, 0.25) is 0 Å². The van der Waals surface area contributed by atoms with Gasteiger partial charge in [-0.1, -0.05) is 6.42 Å². The Morgan fingerprint density at radius 2 is 2.11 bits per heavy atom. The number of hydrogen-bond acceptors (Lipinski definition) is 5. The highest BCUT2D eigenvalue weighted by Crippen LogP contribution is 2.25. The molecule has 1 aromatic rings. The van der Waals surface area contributed by atoms with Crippen molar-refractivity contribution in [3.63, 3.8) is 0 Å². The Kier molecular flexibility index (Phi) is 11.0. The molecule has 1 fully saturated rings. The molecule has 2 rings (SSSR count). The smallest absolute Gasteiger partial charge is 0.191 e. The summed E-state index contributed by atoms with van der Waals surface area (Å²) in [4.78, 5) is 9.67. The van der Waals surface area contributed by atoms with Gasteiger partial charge < -0.3 is 24.7 Å². The van der Waals surface area contributed by atoms with Crippen molar-refractivity contribution in [2.24, 2.45) is 4.99 Å². The molecule has 1 aliphatic heterocycles. The molecule has 0 amide bonds. The van der Waals surface area contributed by atoms with Gasteiger partial charge in [0, 0.05) is 26.7 Å². The molecule has 0 spiro atoms. The van der Waals surface area contributed by atoms with Gasteiger partial charge in [0.15, 0.2) is 5.96 Å². The minimum absolute atomic E-state index is 0.214. The topological polar surface area (TPSA) is 65.3 Å². The normalized spacial score (nSPS) is 17.1. The first-order valence-electron chi connectivity index (χ1n) is 10.7. The van der Waals surface area contributed by atoms with E-state index < -0.39 is 0 Å². The predicted octanol–water partition coefficient (Wildman–Crippen LogP) is 2.33. The molecular weight excluding hydrogens is 354 g/mol. The van der Waals surface area contributed by atoms with Gasteiger partial charge in [0.25, 0.3) is 0 Å². The number of likely N-dealkylation sites (N-methyl/N-ethyl adjacent to an activating group) is 1. The molecule has 0 aromatic carbocycles. The Balaban J connectivity index is 1.85. The summed E-state index contributed by atoms with van der Waals surface area (Å²) in [6, 6.07) is 4.26. The van der Waals surface area contributed by atoms with Crippen molar-refractivity contribution in [1.82, 2.24) is 20.4 Å². The maximum atomic E-state index is 5.73. The van der Waals surface area contributed by atoms with Crippen LogP contribution in [0.2, 0.25) is 0 Å². The second-order valence-corrected chi connectivity index (χ2v) is 7.42. The van der Waals surface area contributed by atoms with Crippen molar-refractivity contribution in [2.45, 2.75) is 38.6 Å². The molecule has 0 aliphatic carbocycles. The Morgan fingerprint density at radius 1 is 1.29 bits per heavy atom. The number of aliphatic imine (C=N–C) groups is 1. The van der Waals surface area contributed by atoms with E-state index in [9.17, 15) is 0 Å². The summed E-state index contributed by atoms with van der Waals surface area (Å²) in [6.07, 6.45) is 6.68. The molecule has 1 unspecified atom stereocenters. The van der Waals surface area contributed by atoms with Crippen molar-refractivity contribution in [1.29, 1.82) is 0 Å². The summed E-state index contributed by atoms with van der Waals surface area (Å²) in [5.74, 6) is 1.90. The number of furan rings is 1. The van der Waals surface area contributed by atoms with Crippen LogP contribution < -0.4 is 10.6 Å². The second-order valence-electron chi connectivity index (χ2n) is 7.42. The molecule has 1 aromatic heterocycles. The van der Waals surface area contributed by atoms with E-state index in [1.54, 1.807) is 13.4 Å². The van der Waals surface area contributed by atoms with Crippen LogP contribution in [0, 0.1) is 0 Å². The first kappa shape index (κ1) is 22.7. The zero-order chi connectivity index (χ0) is 20.0. The van der Waals surface area contributed by atoms with Crippen molar-refractivity contribution >= 4 is 5.96 Å². The molecule has 2 N–H and O–H groups in total. The van der Waals surface area contributed by atoms with Gasteiger partial charge in [-0.2, -0.15) is 0 Å². The molecule has 0 saturated carbocycles. The van der Waals surface area contributed by atoms with Crippen LogP contribution in [0.5, 0.6) is 0 Å². The number of ether oxygens (including phenoxy) is 1. The van der Waals surface area contributed by atoms with Crippen molar-refractivity contribution in [3.8, 4) is 0 Å². The minimum atomic E-state index is 0.214. The van der Waals surface area contributed by atoms with Crippen molar-refractivity contribution in [2.75, 3.05) is 66.6 Å². The Bertz CT molecular complexity index is 529. The third-order valence-electron chi connectivity index (χ3n) is 5.16. The summed E-state index contributed by atoms with van der Waals surface area (Å²) in [6.45, 7) is 9.59. The Labute approximate surface area is 170 Å². The van der Waals surface area contributed by atoms with Crippen LogP contribution in [0.15, 0.2) is 27.8 Å². The van der Waals surface area contributed by atoms with Crippen LogP contribution >= 0.6 is 0 Å². The summed E-state index contributed by atoms with van der Waals surface area (Å²) >= 11 is 0. The third kappa shape index (κ3) is 8.20. The summed E-state index contributed by atoms with van der Waals surface area (Å²) in [7, 11) is 3.87. The predicted molar refractivity (Wildman–Crippen MR) is 115 cm³/mol. The lowest BCUT2D eigenvalue weighted by Gasteiger charge is -2.32. The van der Waals surface area contributed by atoms with Crippen LogP contribution in [0.1, 0.15) is 44.4 Å². The number of hydrogen-bond donors (Lipinski definition) is 2. The molecule has 1 atom stereocenters. The minimum Gasteiger partial charge on any atom is -0.468 e. The number of methoxy groups -OCH3 is 1. The number of nitrogens with zero attached hydrogens (tertiary/aromatic N) is 3. The monoisotopic (exact) mass is 393 g/mol. The zero-order valence-corrected chi connectivity index (χ0v) is 18.0. The van der Waals surface area contributed by atoms with E-state index >= 15 is 0 Å². The third-order valence-corrected chi connectivity index (χ3v) is 5.16. The van der Waals surface area contributed by atoms with Gasteiger partial charge in [-0.3, -0.25) is 9.89 Å². The first-order chi connectivity index (χ1) is 13.7. The Hall–Kier alpha value is -1.57. The van der Waals surface area contributed by atoms with Crippen LogP contribution in [0.25, 0.3) is 0 Å². The lowest BCUT2D eigenvalue weighted by atomic mass is 10.1. The van der Waals surface area contributed by atoms with E-state index in [2.05, 4.69) is 40.5 Å². The van der Waals surface area contributed by atoms with E-state index in [1.807, 2.05) is 6.07 Å². The Morgan fingerprint density at radius 3 is 2.79 bits per heavy atom. The van der Waals surface area contributed by atoms with Gasteiger partial charge in [-0.25, -0.2) is 0 Å². The number of likely N-dealkylation sites (tertiary alicyclic amines) is 1.